The zero-order valence-corrected chi connectivity index (χ0v) is 22.6. The molecule has 0 spiro atoms. The Labute approximate surface area is 235 Å². The molecule has 0 fully saturated rings. The second-order valence-corrected chi connectivity index (χ2v) is 9.61. The van der Waals surface area contributed by atoms with Gasteiger partial charge in [0.05, 0.1) is 12.1 Å². The highest BCUT2D eigenvalue weighted by Gasteiger charge is 2.31. The van der Waals surface area contributed by atoms with Crippen molar-refractivity contribution in [2.45, 2.75) is 25.9 Å². The highest BCUT2D eigenvalue weighted by molar-refractivity contribution is 5.96. The van der Waals surface area contributed by atoms with Crippen LogP contribution in [0, 0.1) is 36.5 Å². The molecule has 0 radical (unpaired) electrons. The van der Waals surface area contributed by atoms with Crippen molar-refractivity contribution in [2.24, 2.45) is 0 Å². The first-order valence-corrected chi connectivity index (χ1v) is 13.1. The van der Waals surface area contributed by atoms with Crippen molar-refractivity contribution >= 4 is 11.8 Å². The van der Waals surface area contributed by atoms with Gasteiger partial charge in [-0.15, -0.1) is 0 Å². The summed E-state index contributed by atoms with van der Waals surface area (Å²) in [5.41, 5.74) is 4.25. The van der Waals surface area contributed by atoms with E-state index in [0.717, 1.165) is 11.1 Å². The van der Waals surface area contributed by atoms with Gasteiger partial charge in [-0.3, -0.25) is 9.59 Å². The van der Waals surface area contributed by atoms with Gasteiger partial charge in [0, 0.05) is 24.2 Å². The molecule has 2 amide bonds. The average molecular weight is 527 g/mol. The van der Waals surface area contributed by atoms with Crippen molar-refractivity contribution in [1.82, 2.24) is 9.80 Å². The lowest BCUT2D eigenvalue weighted by Gasteiger charge is -2.33. The Balaban J connectivity index is 1.73. The van der Waals surface area contributed by atoms with Gasteiger partial charge in [-0.2, -0.15) is 10.5 Å². The predicted molar refractivity (Wildman–Crippen MR) is 154 cm³/mol. The number of carbonyl (C=O) groups excluding carboxylic acids is 2. The molecule has 0 bridgehead atoms. The van der Waals surface area contributed by atoms with E-state index in [1.807, 2.05) is 74.5 Å². The number of rotatable bonds is 9. The van der Waals surface area contributed by atoms with Crippen LogP contribution in [-0.4, -0.2) is 34.7 Å². The van der Waals surface area contributed by atoms with Crippen LogP contribution in [0.1, 0.15) is 55.1 Å². The zero-order chi connectivity index (χ0) is 28.5. The molecular formula is C34H30N4O2. The fraction of sp³-hybridized carbons (Fsp3) is 0.176. The van der Waals surface area contributed by atoms with Crippen LogP contribution in [0.3, 0.4) is 0 Å². The van der Waals surface area contributed by atoms with E-state index in [4.69, 9.17) is 0 Å². The van der Waals surface area contributed by atoms with Gasteiger partial charge < -0.3 is 9.80 Å². The first-order chi connectivity index (χ1) is 19.4. The van der Waals surface area contributed by atoms with Crippen LogP contribution in [0.5, 0.6) is 0 Å². The summed E-state index contributed by atoms with van der Waals surface area (Å²) < 4.78 is 0. The summed E-state index contributed by atoms with van der Waals surface area (Å²) in [7, 11) is 0. The molecule has 0 heterocycles. The molecule has 2 atom stereocenters. The van der Waals surface area contributed by atoms with Crippen LogP contribution in [0.25, 0.3) is 0 Å². The van der Waals surface area contributed by atoms with Gasteiger partial charge in [-0.1, -0.05) is 96.1 Å². The first kappa shape index (κ1) is 27.8. The van der Waals surface area contributed by atoms with E-state index in [9.17, 15) is 20.1 Å². The Bertz CT molecular complexity index is 1400. The lowest BCUT2D eigenvalue weighted by Crippen LogP contribution is -2.43. The van der Waals surface area contributed by atoms with E-state index in [2.05, 4.69) is 12.1 Å². The Morgan fingerprint density at radius 2 is 0.900 bits per heavy atom. The molecule has 6 heteroatoms. The predicted octanol–water partition coefficient (Wildman–Crippen LogP) is 6.42. The lowest BCUT2D eigenvalue weighted by molar-refractivity contribution is 0.0605. The number of hydrogen-bond acceptors (Lipinski definition) is 4. The van der Waals surface area contributed by atoms with Gasteiger partial charge in [-0.25, -0.2) is 0 Å². The number of amides is 2. The van der Waals surface area contributed by atoms with Crippen molar-refractivity contribution < 1.29 is 9.59 Å². The normalized spacial score (nSPS) is 11.9. The summed E-state index contributed by atoms with van der Waals surface area (Å²) in [5, 5.41) is 20.4. The third-order valence-electron chi connectivity index (χ3n) is 6.80. The smallest absolute Gasteiger partial charge is 0.255 e. The summed E-state index contributed by atoms with van der Waals surface area (Å²) in [6.45, 7) is 3.97. The number of nitriles is 2. The molecule has 4 aromatic rings. The molecule has 6 nitrogen and oxygen atoms in total. The summed E-state index contributed by atoms with van der Waals surface area (Å²) in [6.07, 6.45) is 0. The maximum absolute atomic E-state index is 13.8. The van der Waals surface area contributed by atoms with Gasteiger partial charge in [0.15, 0.2) is 0 Å². The average Bonchev–Trinajstić information content (AvgIpc) is 2.99. The van der Waals surface area contributed by atoms with Gasteiger partial charge in [0.25, 0.3) is 11.8 Å². The zero-order valence-electron chi connectivity index (χ0n) is 22.6. The minimum absolute atomic E-state index is 0.0441. The number of carbonyl (C=O) groups is 2. The molecule has 0 N–H and O–H groups in total. The van der Waals surface area contributed by atoms with E-state index in [1.165, 1.54) is 9.80 Å². The first-order valence-electron chi connectivity index (χ1n) is 13.1. The Morgan fingerprint density at radius 3 is 1.20 bits per heavy atom. The van der Waals surface area contributed by atoms with Crippen LogP contribution in [0.2, 0.25) is 0 Å². The molecular weight excluding hydrogens is 496 g/mol. The quantitative estimate of drug-likeness (QED) is 0.252. The van der Waals surface area contributed by atoms with Gasteiger partial charge >= 0.3 is 0 Å². The third kappa shape index (κ3) is 6.43. The van der Waals surface area contributed by atoms with Gasteiger partial charge in [0.2, 0.25) is 0 Å². The Kier molecular flexibility index (Phi) is 9.07. The summed E-state index contributed by atoms with van der Waals surface area (Å²) in [6, 6.07) is 35.4. The summed E-state index contributed by atoms with van der Waals surface area (Å²) >= 11 is 0. The van der Waals surface area contributed by atoms with Crippen LogP contribution in [-0.2, 0) is 0 Å². The summed E-state index contributed by atoms with van der Waals surface area (Å²) in [5.74, 6) is -0.655. The number of nitrogens with zero attached hydrogens (tertiary/aromatic N) is 4. The highest BCUT2D eigenvalue weighted by atomic mass is 16.2. The minimum atomic E-state index is -0.886. The fourth-order valence-corrected chi connectivity index (χ4v) is 4.55. The molecule has 4 aromatic carbocycles. The molecule has 0 aliphatic carbocycles. The van der Waals surface area contributed by atoms with Crippen LogP contribution in [0.4, 0.5) is 0 Å². The van der Waals surface area contributed by atoms with Gasteiger partial charge in [-0.05, 0) is 49.2 Å². The SMILES string of the molecule is Cc1ccc(C(=O)N(CCN(C(=O)c2ccc(C)cc2)C(C#N)c2ccccc2)C(C#N)c2ccccc2)cc1. The van der Waals surface area contributed by atoms with E-state index in [1.54, 1.807) is 48.5 Å². The molecule has 4 rings (SSSR count). The number of benzene rings is 4. The molecule has 40 heavy (non-hydrogen) atoms. The van der Waals surface area contributed by atoms with Crippen molar-refractivity contribution in [1.29, 1.82) is 10.5 Å². The van der Waals surface area contributed by atoms with E-state index < -0.39 is 12.1 Å². The van der Waals surface area contributed by atoms with Crippen molar-refractivity contribution in [3.63, 3.8) is 0 Å². The van der Waals surface area contributed by atoms with Crippen LogP contribution < -0.4 is 0 Å². The van der Waals surface area contributed by atoms with Crippen molar-refractivity contribution in [3.05, 3.63) is 143 Å². The van der Waals surface area contributed by atoms with Crippen molar-refractivity contribution in [3.8, 4) is 12.1 Å². The molecule has 0 saturated carbocycles. The maximum Gasteiger partial charge on any atom is 0.255 e. The highest BCUT2D eigenvalue weighted by Crippen LogP contribution is 2.26. The molecule has 2 unspecified atom stereocenters. The number of hydrogen-bond donors (Lipinski definition) is 0. The lowest BCUT2D eigenvalue weighted by atomic mass is 10.0. The third-order valence-corrected chi connectivity index (χ3v) is 6.80. The molecule has 0 aliphatic heterocycles. The number of aryl methyl sites for hydroxylation is 2. The standard InChI is InChI=1S/C34H30N4O2/c1-25-13-17-29(18-14-25)33(39)37(31(23-35)27-9-5-3-6-10-27)21-22-38(32(24-36)28-11-7-4-8-12-28)34(40)30-19-15-26(2)16-20-30/h3-20,31-32H,21-22H2,1-2H3. The van der Waals surface area contributed by atoms with Crippen molar-refractivity contribution in [2.75, 3.05) is 13.1 Å². The monoisotopic (exact) mass is 526 g/mol. The maximum atomic E-state index is 13.8. The van der Waals surface area contributed by atoms with Gasteiger partial charge in [0.1, 0.15) is 12.1 Å². The molecule has 0 aliphatic rings. The van der Waals surface area contributed by atoms with Crippen LogP contribution in [0.15, 0.2) is 109 Å². The Hall–Kier alpha value is -5.20. The van der Waals surface area contributed by atoms with E-state index in [0.29, 0.717) is 22.3 Å². The summed E-state index contributed by atoms with van der Waals surface area (Å²) in [4.78, 5) is 30.6. The molecule has 198 valence electrons. The van der Waals surface area contributed by atoms with Crippen LogP contribution >= 0.6 is 0 Å². The second-order valence-electron chi connectivity index (χ2n) is 9.61. The second kappa shape index (κ2) is 13.0. The molecule has 0 saturated heterocycles. The molecule has 0 aromatic heterocycles. The topological polar surface area (TPSA) is 88.2 Å². The Morgan fingerprint density at radius 1 is 0.575 bits per heavy atom. The fourth-order valence-electron chi connectivity index (χ4n) is 4.55. The van der Waals surface area contributed by atoms with E-state index >= 15 is 0 Å². The largest absolute Gasteiger partial charge is 0.317 e. The minimum Gasteiger partial charge on any atom is -0.317 e. The van der Waals surface area contributed by atoms with E-state index in [-0.39, 0.29) is 24.9 Å².